The second-order valence-corrected chi connectivity index (χ2v) is 9.98. The standard InChI is InChI=1S/C27H26N4O3S2/c1-35-11-7-24(27(33)34)30-25(32)22-14-19(13-21(16-22)20-5-3-2-4-6-20)15-23(26-29-9-12-36-26)17-31-10-8-28-18-31/h2-6,8-10,12-16,18,24H,7,11,17H2,1H3,(H,30,32)(H,33,34)/b23-15-. The van der Waals surface area contributed by atoms with Crippen LogP contribution in [0.3, 0.4) is 0 Å². The van der Waals surface area contributed by atoms with E-state index in [0.29, 0.717) is 24.3 Å². The van der Waals surface area contributed by atoms with Gasteiger partial charge in [0.1, 0.15) is 11.0 Å². The summed E-state index contributed by atoms with van der Waals surface area (Å²) < 4.78 is 1.96. The molecule has 0 radical (unpaired) electrons. The summed E-state index contributed by atoms with van der Waals surface area (Å²) in [6.45, 7) is 0.570. The Morgan fingerprint density at radius 3 is 2.67 bits per heavy atom. The third-order valence-electron chi connectivity index (χ3n) is 5.50. The summed E-state index contributed by atoms with van der Waals surface area (Å²) >= 11 is 3.09. The van der Waals surface area contributed by atoms with Crippen LogP contribution in [-0.4, -0.2) is 49.6 Å². The predicted octanol–water partition coefficient (Wildman–Crippen LogP) is 5.18. The monoisotopic (exact) mass is 518 g/mol. The van der Waals surface area contributed by atoms with Crippen molar-refractivity contribution in [3.8, 4) is 11.1 Å². The topological polar surface area (TPSA) is 97.1 Å². The highest BCUT2D eigenvalue weighted by Crippen LogP contribution is 2.27. The van der Waals surface area contributed by atoms with Crippen LogP contribution in [0, 0.1) is 0 Å². The number of carbonyl (C=O) groups excluding carboxylic acids is 1. The molecule has 0 aliphatic carbocycles. The van der Waals surface area contributed by atoms with Crippen LogP contribution >= 0.6 is 23.1 Å². The second kappa shape index (κ2) is 12.3. The van der Waals surface area contributed by atoms with Crippen LogP contribution in [0.1, 0.15) is 27.3 Å². The number of carbonyl (C=O) groups is 2. The van der Waals surface area contributed by atoms with Crippen LogP contribution in [0.15, 0.2) is 78.8 Å². The van der Waals surface area contributed by atoms with Crippen LogP contribution in [-0.2, 0) is 11.3 Å². The molecule has 184 valence electrons. The smallest absolute Gasteiger partial charge is 0.326 e. The minimum absolute atomic E-state index is 0.354. The molecule has 2 aromatic carbocycles. The third kappa shape index (κ3) is 6.71. The summed E-state index contributed by atoms with van der Waals surface area (Å²) in [6, 6.07) is 14.5. The first-order valence-corrected chi connectivity index (χ1v) is 13.6. The van der Waals surface area contributed by atoms with Gasteiger partial charge in [0, 0.05) is 35.1 Å². The molecule has 4 aromatic rings. The zero-order valence-electron chi connectivity index (χ0n) is 19.7. The first-order chi connectivity index (χ1) is 17.5. The van der Waals surface area contributed by atoms with Crippen molar-refractivity contribution in [3.05, 3.63) is 95.0 Å². The largest absolute Gasteiger partial charge is 0.480 e. The summed E-state index contributed by atoms with van der Waals surface area (Å²) in [6.07, 6.45) is 11.4. The average Bonchev–Trinajstić information content (AvgIpc) is 3.61. The SMILES string of the molecule is CSCCC(NC(=O)c1cc(/C=C(/Cn2ccnc2)c2nccs2)cc(-c2ccccc2)c1)C(=O)O. The van der Waals surface area contributed by atoms with Gasteiger partial charge in [-0.25, -0.2) is 14.8 Å². The van der Waals surface area contributed by atoms with Crippen molar-refractivity contribution in [2.24, 2.45) is 0 Å². The van der Waals surface area contributed by atoms with Crippen molar-refractivity contribution in [2.45, 2.75) is 19.0 Å². The van der Waals surface area contributed by atoms with Gasteiger partial charge in [-0.1, -0.05) is 30.3 Å². The molecule has 1 atom stereocenters. The Hall–Kier alpha value is -3.69. The maximum Gasteiger partial charge on any atom is 0.326 e. The van der Waals surface area contributed by atoms with E-state index >= 15 is 0 Å². The molecule has 0 saturated carbocycles. The average molecular weight is 519 g/mol. The number of nitrogens with one attached hydrogen (secondary N) is 1. The number of carboxylic acids is 1. The van der Waals surface area contributed by atoms with Crippen molar-refractivity contribution >= 4 is 46.6 Å². The van der Waals surface area contributed by atoms with Crippen LogP contribution in [0.4, 0.5) is 0 Å². The highest BCUT2D eigenvalue weighted by atomic mass is 32.2. The highest BCUT2D eigenvalue weighted by Gasteiger charge is 2.21. The van der Waals surface area contributed by atoms with E-state index in [0.717, 1.165) is 27.3 Å². The molecule has 2 aromatic heterocycles. The minimum atomic E-state index is -1.04. The van der Waals surface area contributed by atoms with Crippen molar-refractivity contribution in [2.75, 3.05) is 12.0 Å². The first-order valence-electron chi connectivity index (χ1n) is 11.3. The van der Waals surface area contributed by atoms with Gasteiger partial charge in [-0.2, -0.15) is 11.8 Å². The number of imidazole rings is 1. The number of benzene rings is 2. The van der Waals surface area contributed by atoms with Gasteiger partial charge < -0.3 is 15.0 Å². The lowest BCUT2D eigenvalue weighted by Gasteiger charge is -2.15. The Balaban J connectivity index is 1.74. The molecule has 0 spiro atoms. The number of rotatable bonds is 11. The van der Waals surface area contributed by atoms with E-state index in [2.05, 4.69) is 15.3 Å². The molecule has 0 aliphatic heterocycles. The third-order valence-corrected chi connectivity index (χ3v) is 6.99. The number of aromatic nitrogens is 3. The summed E-state index contributed by atoms with van der Waals surface area (Å²) in [4.78, 5) is 33.5. The fraction of sp³-hybridized carbons (Fsp3) is 0.185. The Kier molecular flexibility index (Phi) is 8.70. The molecular weight excluding hydrogens is 492 g/mol. The molecule has 36 heavy (non-hydrogen) atoms. The van der Waals surface area contributed by atoms with Gasteiger partial charge in [0.2, 0.25) is 0 Å². The first kappa shape index (κ1) is 25.4. The van der Waals surface area contributed by atoms with Crippen molar-refractivity contribution in [1.82, 2.24) is 19.9 Å². The van der Waals surface area contributed by atoms with E-state index in [1.165, 1.54) is 0 Å². The van der Waals surface area contributed by atoms with Crippen LogP contribution < -0.4 is 5.32 Å². The van der Waals surface area contributed by atoms with Gasteiger partial charge in [-0.05, 0) is 59.4 Å². The maximum atomic E-state index is 13.2. The molecule has 2 heterocycles. The van der Waals surface area contributed by atoms with Gasteiger partial charge in [-0.3, -0.25) is 4.79 Å². The van der Waals surface area contributed by atoms with Gasteiger partial charge in [-0.15, -0.1) is 11.3 Å². The normalized spacial score (nSPS) is 12.3. The summed E-state index contributed by atoms with van der Waals surface area (Å²) in [5, 5.41) is 15.1. The lowest BCUT2D eigenvalue weighted by atomic mass is 9.98. The summed E-state index contributed by atoms with van der Waals surface area (Å²) in [7, 11) is 0. The Morgan fingerprint density at radius 2 is 2.00 bits per heavy atom. The number of thiazole rings is 1. The molecule has 2 N–H and O–H groups in total. The molecule has 7 nitrogen and oxygen atoms in total. The second-order valence-electron chi connectivity index (χ2n) is 8.10. The molecule has 1 amide bonds. The van der Waals surface area contributed by atoms with E-state index in [4.69, 9.17) is 0 Å². The van der Waals surface area contributed by atoms with Crippen LogP contribution in [0.5, 0.6) is 0 Å². The van der Waals surface area contributed by atoms with E-state index in [1.807, 2.05) is 64.9 Å². The van der Waals surface area contributed by atoms with Crippen LogP contribution in [0.2, 0.25) is 0 Å². The molecule has 0 saturated heterocycles. The van der Waals surface area contributed by atoms with Crippen molar-refractivity contribution in [1.29, 1.82) is 0 Å². The number of allylic oxidation sites excluding steroid dienone is 1. The van der Waals surface area contributed by atoms with E-state index < -0.39 is 17.9 Å². The number of hydrogen-bond acceptors (Lipinski definition) is 6. The summed E-state index contributed by atoms with van der Waals surface area (Å²) in [5.74, 6) is -0.815. The predicted molar refractivity (Wildman–Crippen MR) is 146 cm³/mol. The summed E-state index contributed by atoms with van der Waals surface area (Å²) in [5.41, 5.74) is 4.03. The lowest BCUT2D eigenvalue weighted by molar-refractivity contribution is -0.139. The van der Waals surface area contributed by atoms with Gasteiger partial charge in [0.15, 0.2) is 0 Å². The molecule has 4 rings (SSSR count). The van der Waals surface area contributed by atoms with Gasteiger partial charge >= 0.3 is 5.97 Å². The lowest BCUT2D eigenvalue weighted by Crippen LogP contribution is -2.41. The fourth-order valence-corrected chi connectivity index (χ4v) is 4.85. The maximum absolute atomic E-state index is 13.2. The van der Waals surface area contributed by atoms with Crippen molar-refractivity contribution in [3.63, 3.8) is 0 Å². The number of carboxylic acid groups (broad SMARTS) is 1. The molecule has 0 fully saturated rings. The Morgan fingerprint density at radius 1 is 1.17 bits per heavy atom. The van der Waals surface area contributed by atoms with Crippen LogP contribution in [0.25, 0.3) is 22.8 Å². The Bertz CT molecular complexity index is 1320. The number of nitrogens with zero attached hydrogens (tertiary/aromatic N) is 3. The van der Waals surface area contributed by atoms with Gasteiger partial charge in [0.25, 0.3) is 5.91 Å². The molecular formula is C27H26N4O3S2. The number of amides is 1. The van der Waals surface area contributed by atoms with Crippen molar-refractivity contribution < 1.29 is 14.7 Å². The Labute approximate surface area is 217 Å². The molecule has 0 bridgehead atoms. The zero-order valence-corrected chi connectivity index (χ0v) is 21.3. The highest BCUT2D eigenvalue weighted by molar-refractivity contribution is 7.98. The molecule has 0 aliphatic rings. The quantitative estimate of drug-likeness (QED) is 0.284. The van der Waals surface area contributed by atoms with E-state index in [9.17, 15) is 14.7 Å². The number of aliphatic carboxylic acids is 1. The van der Waals surface area contributed by atoms with E-state index in [-0.39, 0.29) is 0 Å². The number of hydrogen-bond donors (Lipinski definition) is 2. The molecule has 9 heteroatoms. The fourth-order valence-electron chi connectivity index (χ4n) is 3.73. The molecule has 1 unspecified atom stereocenters. The minimum Gasteiger partial charge on any atom is -0.480 e. The number of thioether (sulfide) groups is 1. The zero-order chi connectivity index (χ0) is 25.3. The van der Waals surface area contributed by atoms with E-state index in [1.54, 1.807) is 54.0 Å². The van der Waals surface area contributed by atoms with Gasteiger partial charge in [0.05, 0.1) is 12.9 Å².